The second-order valence-electron chi connectivity index (χ2n) is 6.35. The van der Waals surface area contributed by atoms with E-state index in [1.54, 1.807) is 13.3 Å². The number of benzene rings is 1. The van der Waals surface area contributed by atoms with Crippen molar-refractivity contribution in [2.45, 2.75) is 50.9 Å². The average Bonchev–Trinajstić information content (AvgIpc) is 3.10. The summed E-state index contributed by atoms with van der Waals surface area (Å²) in [5, 5.41) is 2.95. The maximum atomic E-state index is 11.9. The van der Waals surface area contributed by atoms with Crippen molar-refractivity contribution in [2.75, 3.05) is 7.11 Å². The molecule has 25 heavy (non-hydrogen) atoms. The number of hydrogen-bond donors (Lipinski definition) is 1. The monoisotopic (exact) mass is 344 g/mol. The molecule has 6 nitrogen and oxygen atoms in total. The Balaban J connectivity index is 1.40. The number of carbonyl (C=O) groups excluding carboxylic acids is 1. The molecule has 6 heteroatoms. The first-order valence-corrected chi connectivity index (χ1v) is 8.65. The SMILES string of the molecule is COCc1cnc(C2CCC(NC(=O)OCc3ccccc3)CC2)o1. The molecule has 0 saturated heterocycles. The van der Waals surface area contributed by atoms with Crippen LogP contribution in [0.5, 0.6) is 0 Å². The van der Waals surface area contributed by atoms with Gasteiger partial charge in [0, 0.05) is 19.1 Å². The van der Waals surface area contributed by atoms with Gasteiger partial charge in [-0.3, -0.25) is 0 Å². The van der Waals surface area contributed by atoms with Crippen molar-refractivity contribution in [2.24, 2.45) is 0 Å². The summed E-state index contributed by atoms with van der Waals surface area (Å²) in [7, 11) is 1.63. The smallest absolute Gasteiger partial charge is 0.407 e. The van der Waals surface area contributed by atoms with Gasteiger partial charge in [-0.25, -0.2) is 9.78 Å². The minimum absolute atomic E-state index is 0.146. The lowest BCUT2D eigenvalue weighted by atomic mass is 9.86. The fourth-order valence-corrected chi connectivity index (χ4v) is 3.14. The van der Waals surface area contributed by atoms with Crippen LogP contribution in [0.3, 0.4) is 0 Å². The van der Waals surface area contributed by atoms with Gasteiger partial charge in [-0.15, -0.1) is 0 Å². The first-order valence-electron chi connectivity index (χ1n) is 8.65. The summed E-state index contributed by atoms with van der Waals surface area (Å²) in [4.78, 5) is 16.3. The second-order valence-corrected chi connectivity index (χ2v) is 6.35. The molecule has 0 spiro atoms. The number of alkyl carbamates (subject to hydrolysis) is 1. The maximum absolute atomic E-state index is 11.9. The zero-order chi connectivity index (χ0) is 17.5. The van der Waals surface area contributed by atoms with E-state index in [0.717, 1.165) is 42.9 Å². The molecule has 1 aromatic heterocycles. The van der Waals surface area contributed by atoms with Crippen LogP contribution in [0.2, 0.25) is 0 Å². The Kier molecular flexibility index (Phi) is 6.06. The van der Waals surface area contributed by atoms with E-state index in [2.05, 4.69) is 10.3 Å². The third-order valence-corrected chi connectivity index (χ3v) is 4.47. The van der Waals surface area contributed by atoms with Crippen LogP contribution in [0.25, 0.3) is 0 Å². The van der Waals surface area contributed by atoms with Gasteiger partial charge in [-0.05, 0) is 31.2 Å². The van der Waals surface area contributed by atoms with Crippen molar-refractivity contribution in [3.8, 4) is 0 Å². The number of methoxy groups -OCH3 is 1. The molecule has 134 valence electrons. The molecule has 1 aliphatic rings. The maximum Gasteiger partial charge on any atom is 0.407 e. The van der Waals surface area contributed by atoms with Gasteiger partial charge in [-0.2, -0.15) is 0 Å². The molecule has 1 saturated carbocycles. The van der Waals surface area contributed by atoms with Crippen molar-refractivity contribution in [1.29, 1.82) is 0 Å². The van der Waals surface area contributed by atoms with Gasteiger partial charge in [0.25, 0.3) is 0 Å². The van der Waals surface area contributed by atoms with Crippen molar-refractivity contribution in [3.05, 3.63) is 53.7 Å². The van der Waals surface area contributed by atoms with Crippen LogP contribution in [0, 0.1) is 0 Å². The van der Waals surface area contributed by atoms with Gasteiger partial charge in [0.15, 0.2) is 5.89 Å². The first kappa shape index (κ1) is 17.5. The molecule has 0 aliphatic heterocycles. The largest absolute Gasteiger partial charge is 0.445 e. The molecular formula is C19H24N2O4. The number of amides is 1. The van der Waals surface area contributed by atoms with Crippen molar-refractivity contribution in [3.63, 3.8) is 0 Å². The standard InChI is InChI=1S/C19H24N2O4/c1-23-13-17-11-20-18(25-17)15-7-9-16(10-8-15)21-19(22)24-12-14-5-3-2-4-6-14/h2-6,11,15-16H,7-10,12-13H2,1H3,(H,21,22). The van der Waals surface area contributed by atoms with E-state index >= 15 is 0 Å². The second kappa shape index (κ2) is 8.67. The highest BCUT2D eigenvalue weighted by atomic mass is 16.5. The number of nitrogens with zero attached hydrogens (tertiary/aromatic N) is 1. The molecule has 1 fully saturated rings. The molecule has 1 N–H and O–H groups in total. The van der Waals surface area contributed by atoms with Crippen molar-refractivity contribution >= 4 is 6.09 Å². The quantitative estimate of drug-likeness (QED) is 0.863. The number of ether oxygens (including phenoxy) is 2. The van der Waals surface area contributed by atoms with E-state index in [0.29, 0.717) is 19.1 Å². The summed E-state index contributed by atoms with van der Waals surface area (Å²) < 4.78 is 16.0. The van der Waals surface area contributed by atoms with E-state index in [4.69, 9.17) is 13.9 Å². The van der Waals surface area contributed by atoms with Gasteiger partial charge < -0.3 is 19.2 Å². The molecule has 1 aliphatic carbocycles. The Labute approximate surface area is 147 Å². The molecule has 2 aromatic rings. The lowest BCUT2D eigenvalue weighted by molar-refractivity contribution is 0.131. The normalized spacial score (nSPS) is 20.2. The Bertz CT molecular complexity index is 663. The zero-order valence-electron chi connectivity index (χ0n) is 14.4. The van der Waals surface area contributed by atoms with Crippen LogP contribution >= 0.6 is 0 Å². The van der Waals surface area contributed by atoms with Crippen molar-refractivity contribution in [1.82, 2.24) is 10.3 Å². The molecular weight excluding hydrogens is 320 g/mol. The third kappa shape index (κ3) is 5.06. The average molecular weight is 344 g/mol. The van der Waals surface area contributed by atoms with Crippen LogP contribution in [0.1, 0.15) is 48.8 Å². The van der Waals surface area contributed by atoms with Crippen LogP contribution in [-0.2, 0) is 22.7 Å². The van der Waals surface area contributed by atoms with E-state index < -0.39 is 0 Å². The van der Waals surface area contributed by atoms with Gasteiger partial charge in [-0.1, -0.05) is 30.3 Å². The van der Waals surface area contributed by atoms with Crippen LogP contribution in [-0.4, -0.2) is 24.2 Å². The van der Waals surface area contributed by atoms with E-state index in [-0.39, 0.29) is 12.1 Å². The van der Waals surface area contributed by atoms with Crippen LogP contribution < -0.4 is 5.32 Å². The Morgan fingerprint density at radius 1 is 1.20 bits per heavy atom. The first-order chi connectivity index (χ1) is 12.2. The predicted octanol–water partition coefficient (Wildman–Crippen LogP) is 3.77. The minimum atomic E-state index is -0.356. The number of rotatable bonds is 6. The van der Waals surface area contributed by atoms with Gasteiger partial charge in [0.1, 0.15) is 19.0 Å². The molecule has 0 atom stereocenters. The fourth-order valence-electron chi connectivity index (χ4n) is 3.14. The molecule has 1 aromatic carbocycles. The lowest BCUT2D eigenvalue weighted by Crippen LogP contribution is -2.37. The predicted molar refractivity (Wildman–Crippen MR) is 92.0 cm³/mol. The Morgan fingerprint density at radius 3 is 2.68 bits per heavy atom. The summed E-state index contributed by atoms with van der Waals surface area (Å²) in [5.41, 5.74) is 0.983. The van der Waals surface area contributed by atoms with Gasteiger partial charge in [0.05, 0.1) is 6.20 Å². The Morgan fingerprint density at radius 2 is 1.96 bits per heavy atom. The molecule has 1 heterocycles. The summed E-state index contributed by atoms with van der Waals surface area (Å²) in [6.45, 7) is 0.734. The van der Waals surface area contributed by atoms with Crippen LogP contribution in [0.15, 0.2) is 40.9 Å². The number of oxazole rings is 1. The van der Waals surface area contributed by atoms with E-state index in [1.807, 2.05) is 30.3 Å². The molecule has 0 radical (unpaired) electrons. The topological polar surface area (TPSA) is 73.6 Å². The summed E-state index contributed by atoms with van der Waals surface area (Å²) in [5.74, 6) is 1.84. The number of carbonyl (C=O) groups is 1. The van der Waals surface area contributed by atoms with Crippen LogP contribution in [0.4, 0.5) is 4.79 Å². The van der Waals surface area contributed by atoms with Gasteiger partial charge >= 0.3 is 6.09 Å². The van der Waals surface area contributed by atoms with E-state index in [9.17, 15) is 4.79 Å². The molecule has 0 bridgehead atoms. The lowest BCUT2D eigenvalue weighted by Gasteiger charge is -2.27. The van der Waals surface area contributed by atoms with Gasteiger partial charge in [0.2, 0.25) is 0 Å². The number of aromatic nitrogens is 1. The number of hydrogen-bond acceptors (Lipinski definition) is 5. The molecule has 0 unspecified atom stereocenters. The molecule has 1 amide bonds. The summed E-state index contributed by atoms with van der Waals surface area (Å²) in [6, 6.07) is 9.82. The third-order valence-electron chi connectivity index (χ3n) is 4.47. The summed E-state index contributed by atoms with van der Waals surface area (Å²) in [6.07, 6.45) is 5.04. The van der Waals surface area contributed by atoms with Crippen molar-refractivity contribution < 1.29 is 18.7 Å². The minimum Gasteiger partial charge on any atom is -0.445 e. The highest BCUT2D eigenvalue weighted by molar-refractivity contribution is 5.67. The fraction of sp³-hybridized carbons (Fsp3) is 0.474. The Hall–Kier alpha value is -2.34. The molecule has 3 rings (SSSR count). The highest BCUT2D eigenvalue weighted by Crippen LogP contribution is 2.32. The van der Waals surface area contributed by atoms with E-state index in [1.165, 1.54) is 0 Å². The number of nitrogens with one attached hydrogen (secondary N) is 1. The zero-order valence-corrected chi connectivity index (χ0v) is 14.4. The highest BCUT2D eigenvalue weighted by Gasteiger charge is 2.26. The summed E-state index contributed by atoms with van der Waals surface area (Å²) >= 11 is 0.